The van der Waals surface area contributed by atoms with Crippen molar-refractivity contribution >= 4 is 49.0 Å². The van der Waals surface area contributed by atoms with Gasteiger partial charge in [-0.15, -0.1) is 11.3 Å². The lowest BCUT2D eigenvalue weighted by Gasteiger charge is -2.00. The van der Waals surface area contributed by atoms with E-state index < -0.39 is 0 Å². The van der Waals surface area contributed by atoms with Crippen molar-refractivity contribution < 1.29 is 4.79 Å². The highest BCUT2D eigenvalue weighted by Gasteiger charge is 2.11. The van der Waals surface area contributed by atoms with Crippen molar-refractivity contribution in [3.8, 4) is 0 Å². The molecule has 1 nitrogen and oxygen atoms in total. The zero-order chi connectivity index (χ0) is 11.5. The minimum atomic E-state index is 0.157. The molecule has 1 heterocycles. The Morgan fingerprint density at radius 1 is 1.12 bits per heavy atom. The molecule has 16 heavy (non-hydrogen) atoms. The highest BCUT2D eigenvalue weighted by molar-refractivity contribution is 9.10. The molecule has 0 amide bonds. The average Bonchev–Trinajstić information content (AvgIpc) is 2.68. The van der Waals surface area contributed by atoms with Crippen molar-refractivity contribution in [1.82, 2.24) is 0 Å². The molecule has 1 aromatic carbocycles. The molecule has 0 aliphatic carbocycles. The second-order valence-corrected chi connectivity index (χ2v) is 6.01. The minimum Gasteiger partial charge on any atom is -0.293 e. The Hall–Kier alpha value is -0.450. The molecule has 0 aliphatic rings. The number of hydrogen-bond donors (Lipinski definition) is 0. The predicted octanol–water partition coefficient (Wildman–Crippen LogP) is 4.70. The SMILES string of the molecule is O=C(Cc1ccc(Br)cc1)c1sccc1Br. The zero-order valence-electron chi connectivity index (χ0n) is 8.24. The minimum absolute atomic E-state index is 0.157. The smallest absolute Gasteiger partial charge is 0.178 e. The number of thiophene rings is 1. The summed E-state index contributed by atoms with van der Waals surface area (Å²) in [6.45, 7) is 0. The lowest BCUT2D eigenvalue weighted by molar-refractivity contribution is 0.0996. The summed E-state index contributed by atoms with van der Waals surface area (Å²) < 4.78 is 1.92. The fraction of sp³-hybridized carbons (Fsp3) is 0.0833. The molecule has 0 N–H and O–H groups in total. The Morgan fingerprint density at radius 3 is 2.38 bits per heavy atom. The van der Waals surface area contributed by atoms with Crippen LogP contribution in [-0.2, 0) is 6.42 Å². The predicted molar refractivity (Wildman–Crippen MR) is 74.2 cm³/mol. The second-order valence-electron chi connectivity index (χ2n) is 3.32. The maximum atomic E-state index is 11.9. The van der Waals surface area contributed by atoms with E-state index in [1.807, 2.05) is 35.7 Å². The fourth-order valence-corrected chi connectivity index (χ4v) is 3.16. The highest BCUT2D eigenvalue weighted by Crippen LogP contribution is 2.24. The summed E-state index contributed by atoms with van der Waals surface area (Å²) >= 11 is 8.22. The molecule has 2 rings (SSSR count). The van der Waals surface area contributed by atoms with E-state index in [4.69, 9.17) is 0 Å². The fourth-order valence-electron chi connectivity index (χ4n) is 1.36. The number of carbonyl (C=O) groups is 1. The summed E-state index contributed by atoms with van der Waals surface area (Å²) in [4.78, 5) is 12.7. The number of benzene rings is 1. The van der Waals surface area contributed by atoms with E-state index in [0.29, 0.717) is 6.42 Å². The van der Waals surface area contributed by atoms with Gasteiger partial charge < -0.3 is 0 Å². The maximum Gasteiger partial charge on any atom is 0.178 e. The van der Waals surface area contributed by atoms with Gasteiger partial charge in [0, 0.05) is 15.4 Å². The van der Waals surface area contributed by atoms with E-state index >= 15 is 0 Å². The first-order chi connectivity index (χ1) is 7.66. The third kappa shape index (κ3) is 2.81. The van der Waals surface area contributed by atoms with E-state index in [2.05, 4.69) is 31.9 Å². The van der Waals surface area contributed by atoms with Crippen molar-refractivity contribution in [3.05, 3.63) is 55.1 Å². The molecular weight excluding hydrogens is 352 g/mol. The summed E-state index contributed by atoms with van der Waals surface area (Å²) in [6, 6.07) is 9.73. The summed E-state index contributed by atoms with van der Waals surface area (Å²) in [7, 11) is 0. The first kappa shape index (κ1) is 12.0. The van der Waals surface area contributed by atoms with E-state index in [-0.39, 0.29) is 5.78 Å². The van der Waals surface area contributed by atoms with Crippen LogP contribution in [-0.4, -0.2) is 5.78 Å². The molecule has 0 unspecified atom stereocenters. The van der Waals surface area contributed by atoms with Crippen molar-refractivity contribution in [2.75, 3.05) is 0 Å². The van der Waals surface area contributed by atoms with Gasteiger partial charge in [0.2, 0.25) is 0 Å². The zero-order valence-corrected chi connectivity index (χ0v) is 12.2. The molecule has 0 spiro atoms. The average molecular weight is 360 g/mol. The number of rotatable bonds is 3. The third-order valence-corrected chi connectivity index (χ3v) is 4.56. The number of ketones is 1. The molecular formula is C12H8Br2OS. The van der Waals surface area contributed by atoms with Crippen molar-refractivity contribution in [3.63, 3.8) is 0 Å². The first-order valence-corrected chi connectivity index (χ1v) is 7.14. The van der Waals surface area contributed by atoms with Crippen LogP contribution in [0.2, 0.25) is 0 Å². The van der Waals surface area contributed by atoms with Crippen LogP contribution in [0.5, 0.6) is 0 Å². The van der Waals surface area contributed by atoms with E-state index in [0.717, 1.165) is 19.4 Å². The van der Waals surface area contributed by atoms with Gasteiger partial charge in [0.25, 0.3) is 0 Å². The molecule has 2 aromatic rings. The Morgan fingerprint density at radius 2 is 1.81 bits per heavy atom. The van der Waals surface area contributed by atoms with Gasteiger partial charge in [-0.05, 0) is 45.1 Å². The number of hydrogen-bond acceptors (Lipinski definition) is 2. The van der Waals surface area contributed by atoms with Gasteiger partial charge in [0.05, 0.1) is 4.88 Å². The van der Waals surface area contributed by atoms with Crippen LogP contribution in [0.4, 0.5) is 0 Å². The second kappa shape index (κ2) is 5.25. The molecule has 82 valence electrons. The molecule has 0 fully saturated rings. The lowest BCUT2D eigenvalue weighted by atomic mass is 10.1. The van der Waals surface area contributed by atoms with Crippen molar-refractivity contribution in [2.24, 2.45) is 0 Å². The third-order valence-electron chi connectivity index (χ3n) is 2.15. The Kier molecular flexibility index (Phi) is 3.95. The van der Waals surface area contributed by atoms with Crippen molar-refractivity contribution in [1.29, 1.82) is 0 Å². The van der Waals surface area contributed by atoms with Crippen LogP contribution in [0, 0.1) is 0 Å². The normalized spacial score (nSPS) is 10.4. The standard InChI is InChI=1S/C12H8Br2OS/c13-9-3-1-8(2-4-9)7-11(15)12-10(14)5-6-16-12/h1-6H,7H2. The first-order valence-electron chi connectivity index (χ1n) is 4.67. The molecule has 0 radical (unpaired) electrons. The van der Waals surface area contributed by atoms with Gasteiger partial charge >= 0.3 is 0 Å². The van der Waals surface area contributed by atoms with Gasteiger partial charge in [-0.3, -0.25) is 4.79 Å². The van der Waals surface area contributed by atoms with E-state index in [1.54, 1.807) is 0 Å². The monoisotopic (exact) mass is 358 g/mol. The summed E-state index contributed by atoms with van der Waals surface area (Å²) in [5, 5.41) is 1.92. The van der Waals surface area contributed by atoms with Crippen LogP contribution in [0.15, 0.2) is 44.7 Å². The van der Waals surface area contributed by atoms with Crippen LogP contribution >= 0.6 is 43.2 Å². The summed E-state index contributed by atoms with van der Waals surface area (Å²) in [5.41, 5.74) is 1.04. The molecule has 4 heteroatoms. The molecule has 0 saturated carbocycles. The Balaban J connectivity index is 2.14. The van der Waals surface area contributed by atoms with E-state index in [1.165, 1.54) is 11.3 Å². The van der Waals surface area contributed by atoms with Gasteiger partial charge in [0.1, 0.15) is 0 Å². The van der Waals surface area contributed by atoms with Crippen molar-refractivity contribution in [2.45, 2.75) is 6.42 Å². The number of halogens is 2. The van der Waals surface area contributed by atoms with Gasteiger partial charge in [0.15, 0.2) is 5.78 Å². The van der Waals surface area contributed by atoms with Gasteiger partial charge in [-0.2, -0.15) is 0 Å². The topological polar surface area (TPSA) is 17.1 Å². The van der Waals surface area contributed by atoms with Crippen LogP contribution in [0.3, 0.4) is 0 Å². The largest absolute Gasteiger partial charge is 0.293 e. The van der Waals surface area contributed by atoms with Crippen LogP contribution < -0.4 is 0 Å². The van der Waals surface area contributed by atoms with Crippen LogP contribution in [0.25, 0.3) is 0 Å². The molecule has 0 saturated heterocycles. The van der Waals surface area contributed by atoms with Gasteiger partial charge in [-0.1, -0.05) is 28.1 Å². The molecule has 0 bridgehead atoms. The summed E-state index contributed by atoms with van der Waals surface area (Å²) in [6.07, 6.45) is 0.451. The molecule has 0 atom stereocenters. The maximum absolute atomic E-state index is 11.9. The quantitative estimate of drug-likeness (QED) is 0.726. The van der Waals surface area contributed by atoms with Gasteiger partial charge in [-0.25, -0.2) is 0 Å². The van der Waals surface area contributed by atoms with Crippen LogP contribution in [0.1, 0.15) is 15.2 Å². The Bertz CT molecular complexity index is 502. The molecule has 1 aromatic heterocycles. The Labute approximate surface area is 115 Å². The lowest BCUT2D eigenvalue weighted by Crippen LogP contribution is -2.01. The highest BCUT2D eigenvalue weighted by atomic mass is 79.9. The van der Waals surface area contributed by atoms with E-state index in [9.17, 15) is 4.79 Å². The summed E-state index contributed by atoms with van der Waals surface area (Å²) in [5.74, 6) is 0.157. The number of carbonyl (C=O) groups excluding carboxylic acids is 1. The molecule has 0 aliphatic heterocycles. The number of Topliss-reactive ketones (excluding diaryl/α,β-unsaturated/α-hetero) is 1.